The first-order chi connectivity index (χ1) is 15.3. The molecule has 0 saturated carbocycles. The highest BCUT2D eigenvalue weighted by Gasteiger charge is 2.15. The van der Waals surface area contributed by atoms with Crippen LogP contribution in [0.3, 0.4) is 0 Å². The van der Waals surface area contributed by atoms with E-state index in [1.807, 2.05) is 0 Å². The zero-order valence-corrected chi connectivity index (χ0v) is 17.1. The molecule has 1 aliphatic rings. The number of ether oxygens (including phenoxy) is 1. The molecular formula is C21H22N4O7. The summed E-state index contributed by atoms with van der Waals surface area (Å²) < 4.78 is 6.79. The lowest BCUT2D eigenvalue weighted by atomic mass is 10.0. The van der Waals surface area contributed by atoms with Gasteiger partial charge in [-0.15, -0.1) is 0 Å². The molecule has 0 spiro atoms. The van der Waals surface area contributed by atoms with Crippen LogP contribution in [0.15, 0.2) is 48.9 Å². The number of fused-ring (bicyclic) bond motifs is 1. The third-order valence-corrected chi connectivity index (χ3v) is 4.97. The Labute approximate surface area is 182 Å². The predicted octanol–water partition coefficient (Wildman–Crippen LogP) is 2.36. The first-order valence-electron chi connectivity index (χ1n) is 9.80. The molecule has 0 radical (unpaired) electrons. The third kappa shape index (κ3) is 5.86. The molecule has 3 aromatic rings. The van der Waals surface area contributed by atoms with Crippen molar-refractivity contribution in [2.24, 2.45) is 0 Å². The molecule has 2 N–H and O–H groups in total. The lowest BCUT2D eigenvalue weighted by molar-refractivity contribution is -0.392. The lowest BCUT2D eigenvalue weighted by Crippen LogP contribution is -2.38. The number of imidazole rings is 1. The Hall–Kier alpha value is -3.83. The monoisotopic (exact) mass is 442 g/mol. The maximum Gasteiger partial charge on any atom is 0.342 e. The number of hydrogen-bond donors (Lipinski definition) is 2. The van der Waals surface area contributed by atoms with Crippen molar-refractivity contribution in [3.63, 3.8) is 0 Å². The Balaban J connectivity index is 0.000000181. The number of carboxylic acids is 2. The summed E-state index contributed by atoms with van der Waals surface area (Å²) in [5.74, 6) is -2.00. The van der Waals surface area contributed by atoms with Crippen LogP contribution in [-0.2, 0) is 11.3 Å². The van der Waals surface area contributed by atoms with E-state index in [-0.39, 0.29) is 16.9 Å². The summed E-state index contributed by atoms with van der Waals surface area (Å²) in [5.41, 5.74) is 0.296. The molecule has 4 rings (SSSR count). The second-order valence-electron chi connectivity index (χ2n) is 7.04. The fourth-order valence-electron chi connectivity index (χ4n) is 3.22. The molecule has 1 fully saturated rings. The van der Waals surface area contributed by atoms with Crippen molar-refractivity contribution in [2.75, 3.05) is 32.8 Å². The number of nitro groups is 1. The largest absolute Gasteiger partial charge is 0.478 e. The SMILES string of the molecule is O=C(O)c1ccc2ccc(C(=O)O)cc2c1.O=[N+]([O-])c1cncn1CCN1CCOCC1. The lowest BCUT2D eigenvalue weighted by Gasteiger charge is -2.25. The number of aromatic carboxylic acids is 2. The van der Waals surface area contributed by atoms with Crippen LogP contribution in [0.5, 0.6) is 0 Å². The summed E-state index contributed by atoms with van der Waals surface area (Å²) in [7, 11) is 0. The van der Waals surface area contributed by atoms with E-state index in [1.54, 1.807) is 16.7 Å². The number of carbonyl (C=O) groups is 2. The normalized spacial score (nSPS) is 13.9. The van der Waals surface area contributed by atoms with Gasteiger partial charge in [0.1, 0.15) is 12.7 Å². The van der Waals surface area contributed by atoms with Crippen molar-refractivity contribution in [3.8, 4) is 0 Å². The fourth-order valence-corrected chi connectivity index (χ4v) is 3.22. The van der Waals surface area contributed by atoms with E-state index in [2.05, 4.69) is 9.88 Å². The van der Waals surface area contributed by atoms with E-state index in [0.717, 1.165) is 38.2 Å². The van der Waals surface area contributed by atoms with E-state index in [0.29, 0.717) is 11.9 Å². The van der Waals surface area contributed by atoms with E-state index < -0.39 is 16.9 Å². The van der Waals surface area contributed by atoms with Gasteiger partial charge in [-0.2, -0.15) is 0 Å². The van der Waals surface area contributed by atoms with Crippen LogP contribution in [-0.4, -0.2) is 74.4 Å². The average Bonchev–Trinajstić information content (AvgIpc) is 3.27. The molecule has 2 aromatic carbocycles. The molecule has 1 aromatic heterocycles. The summed E-state index contributed by atoms with van der Waals surface area (Å²) in [6.07, 6.45) is 2.78. The van der Waals surface area contributed by atoms with Crippen LogP contribution in [0.4, 0.5) is 5.82 Å². The Kier molecular flexibility index (Phi) is 7.47. The van der Waals surface area contributed by atoms with Gasteiger partial charge in [0.15, 0.2) is 6.33 Å². The van der Waals surface area contributed by atoms with Gasteiger partial charge in [0.25, 0.3) is 0 Å². The molecule has 0 unspecified atom stereocenters. The van der Waals surface area contributed by atoms with Crippen LogP contribution in [0.1, 0.15) is 20.7 Å². The Morgan fingerprint density at radius 1 is 1.00 bits per heavy atom. The van der Waals surface area contributed by atoms with Crippen molar-refractivity contribution >= 4 is 28.5 Å². The first kappa shape index (κ1) is 22.8. The summed E-state index contributed by atoms with van der Waals surface area (Å²) in [6, 6.07) is 9.22. The second-order valence-corrected chi connectivity index (χ2v) is 7.04. The second kappa shape index (κ2) is 10.5. The summed E-state index contributed by atoms with van der Waals surface area (Å²) in [4.78, 5) is 37.7. The molecule has 0 aliphatic carbocycles. The van der Waals surface area contributed by atoms with Gasteiger partial charge in [0, 0.05) is 19.6 Å². The van der Waals surface area contributed by atoms with Gasteiger partial charge in [-0.1, -0.05) is 12.1 Å². The zero-order chi connectivity index (χ0) is 23.1. The van der Waals surface area contributed by atoms with E-state index in [9.17, 15) is 19.7 Å². The number of rotatable bonds is 6. The van der Waals surface area contributed by atoms with Crippen LogP contribution < -0.4 is 0 Å². The van der Waals surface area contributed by atoms with Crippen LogP contribution in [0.25, 0.3) is 10.8 Å². The quantitative estimate of drug-likeness (QED) is 0.433. The number of benzene rings is 2. The van der Waals surface area contributed by atoms with E-state index >= 15 is 0 Å². The van der Waals surface area contributed by atoms with Crippen LogP contribution >= 0.6 is 0 Å². The minimum absolute atomic E-state index is 0.0493. The fraction of sp³-hybridized carbons (Fsp3) is 0.286. The molecule has 1 aliphatic heterocycles. The average molecular weight is 442 g/mol. The number of morpholine rings is 1. The number of carboxylic acid groups (broad SMARTS) is 2. The van der Waals surface area contributed by atoms with E-state index in [4.69, 9.17) is 14.9 Å². The number of hydrogen-bond acceptors (Lipinski definition) is 7. The molecule has 168 valence electrons. The maximum absolute atomic E-state index is 10.7. The zero-order valence-electron chi connectivity index (χ0n) is 17.1. The molecule has 2 heterocycles. The van der Waals surface area contributed by atoms with Crippen LogP contribution in [0, 0.1) is 10.1 Å². The molecule has 0 atom stereocenters. The third-order valence-electron chi connectivity index (χ3n) is 4.97. The molecule has 32 heavy (non-hydrogen) atoms. The topological polar surface area (TPSA) is 148 Å². The highest BCUT2D eigenvalue weighted by atomic mass is 16.6. The van der Waals surface area contributed by atoms with Gasteiger partial charge in [-0.05, 0) is 40.0 Å². The van der Waals surface area contributed by atoms with Gasteiger partial charge < -0.3 is 25.1 Å². The Morgan fingerprint density at radius 2 is 1.59 bits per heavy atom. The van der Waals surface area contributed by atoms with Gasteiger partial charge in [0.05, 0.1) is 24.3 Å². The van der Waals surface area contributed by atoms with Crippen molar-refractivity contribution in [2.45, 2.75) is 6.54 Å². The number of aromatic nitrogens is 2. The first-order valence-corrected chi connectivity index (χ1v) is 9.80. The highest BCUT2D eigenvalue weighted by Crippen LogP contribution is 2.18. The molecule has 11 heteroatoms. The molecule has 1 saturated heterocycles. The summed E-state index contributed by atoms with van der Waals surface area (Å²) >= 11 is 0. The molecule has 0 amide bonds. The summed E-state index contributed by atoms with van der Waals surface area (Å²) in [6.45, 7) is 4.65. The smallest absolute Gasteiger partial charge is 0.342 e. The summed E-state index contributed by atoms with van der Waals surface area (Å²) in [5, 5.41) is 29.7. The van der Waals surface area contributed by atoms with Gasteiger partial charge in [-0.25, -0.2) is 19.1 Å². The molecular weight excluding hydrogens is 420 g/mol. The van der Waals surface area contributed by atoms with Crippen molar-refractivity contribution < 1.29 is 29.5 Å². The number of nitrogens with zero attached hydrogens (tertiary/aromatic N) is 4. The predicted molar refractivity (Wildman–Crippen MR) is 114 cm³/mol. The Morgan fingerprint density at radius 3 is 2.12 bits per heavy atom. The standard InChI is InChI=1S/C12H8O4.C9H14N4O3/c13-11(14)8-3-1-7-2-4-9(12(15)16)6-10(7)5-8;14-13(15)9-7-10-8-12(9)2-1-11-3-5-16-6-4-11/h1-6H,(H,13,14)(H,15,16);7-8H,1-6H2. The maximum atomic E-state index is 10.7. The highest BCUT2D eigenvalue weighted by molar-refractivity contribution is 5.98. The van der Waals surface area contributed by atoms with E-state index in [1.165, 1.54) is 36.8 Å². The Bertz CT molecular complexity index is 1070. The van der Waals surface area contributed by atoms with Gasteiger partial charge >= 0.3 is 17.8 Å². The van der Waals surface area contributed by atoms with Crippen LogP contribution in [0.2, 0.25) is 0 Å². The minimum Gasteiger partial charge on any atom is -0.478 e. The van der Waals surface area contributed by atoms with Crippen molar-refractivity contribution in [3.05, 3.63) is 70.2 Å². The molecule has 0 bridgehead atoms. The van der Waals surface area contributed by atoms with Gasteiger partial charge in [-0.3, -0.25) is 4.90 Å². The minimum atomic E-state index is -1.03. The van der Waals surface area contributed by atoms with Crippen molar-refractivity contribution in [1.29, 1.82) is 0 Å². The van der Waals surface area contributed by atoms with Crippen molar-refractivity contribution in [1.82, 2.24) is 14.5 Å². The van der Waals surface area contributed by atoms with Gasteiger partial charge in [0.2, 0.25) is 0 Å². The molecule has 11 nitrogen and oxygen atoms in total.